The summed E-state index contributed by atoms with van der Waals surface area (Å²) in [4.78, 5) is 22.9. The summed E-state index contributed by atoms with van der Waals surface area (Å²) >= 11 is 3.13. The van der Waals surface area contributed by atoms with Gasteiger partial charge >= 0.3 is 11.9 Å². The van der Waals surface area contributed by atoms with Crippen LogP contribution in [0.15, 0.2) is 22.7 Å². The zero-order chi connectivity index (χ0) is 16.9. The number of carbonyl (C=O) groups is 2. The van der Waals surface area contributed by atoms with Crippen molar-refractivity contribution in [3.63, 3.8) is 0 Å². The topological polar surface area (TPSA) is 107 Å². The van der Waals surface area contributed by atoms with Crippen LogP contribution in [-0.4, -0.2) is 38.6 Å². The standard InChI is InChI=1S/C13H15BrO7S/c1-3-21-12(15)7-11(22(17,18)19)9-5-4-8(6-10(9)14)13(16)20-2/h4-6,11H,3,7H2,1-2H3,(H,17,18,19). The van der Waals surface area contributed by atoms with Gasteiger partial charge in [-0.3, -0.25) is 9.35 Å². The lowest BCUT2D eigenvalue weighted by molar-refractivity contribution is -0.143. The summed E-state index contributed by atoms with van der Waals surface area (Å²) in [6.07, 6.45) is -0.539. The Balaban J connectivity index is 3.21. The number of hydrogen-bond donors (Lipinski definition) is 1. The quantitative estimate of drug-likeness (QED) is 0.581. The van der Waals surface area contributed by atoms with E-state index in [9.17, 15) is 22.6 Å². The molecule has 0 bridgehead atoms. The van der Waals surface area contributed by atoms with E-state index in [0.717, 1.165) is 0 Å². The molecule has 0 saturated carbocycles. The lowest BCUT2D eigenvalue weighted by Crippen LogP contribution is -2.18. The van der Waals surface area contributed by atoms with E-state index in [-0.39, 0.29) is 22.2 Å². The fraction of sp³-hybridized carbons (Fsp3) is 0.385. The number of methoxy groups -OCH3 is 1. The molecule has 122 valence electrons. The molecule has 0 aromatic heterocycles. The molecule has 0 radical (unpaired) electrons. The van der Waals surface area contributed by atoms with Crippen LogP contribution in [0.5, 0.6) is 0 Å². The van der Waals surface area contributed by atoms with Gasteiger partial charge in [0.05, 0.1) is 25.7 Å². The van der Waals surface area contributed by atoms with Gasteiger partial charge in [-0.05, 0) is 24.6 Å². The van der Waals surface area contributed by atoms with Crippen LogP contribution in [0.2, 0.25) is 0 Å². The van der Waals surface area contributed by atoms with Gasteiger partial charge < -0.3 is 9.47 Å². The maximum atomic E-state index is 11.5. The molecule has 1 unspecified atom stereocenters. The maximum Gasteiger partial charge on any atom is 0.337 e. The van der Waals surface area contributed by atoms with E-state index in [0.29, 0.717) is 0 Å². The Morgan fingerprint density at radius 3 is 2.45 bits per heavy atom. The summed E-state index contributed by atoms with van der Waals surface area (Å²) in [6, 6.07) is 4.02. The number of rotatable bonds is 6. The Hall–Kier alpha value is -1.45. The van der Waals surface area contributed by atoms with E-state index in [1.165, 1.54) is 25.3 Å². The highest BCUT2D eigenvalue weighted by Crippen LogP contribution is 2.32. The van der Waals surface area contributed by atoms with Crippen LogP contribution in [0.25, 0.3) is 0 Å². The highest BCUT2D eigenvalue weighted by Gasteiger charge is 2.30. The van der Waals surface area contributed by atoms with Crippen molar-refractivity contribution in [2.75, 3.05) is 13.7 Å². The second-order valence-electron chi connectivity index (χ2n) is 4.24. The number of esters is 2. The van der Waals surface area contributed by atoms with Crippen molar-refractivity contribution >= 4 is 38.0 Å². The highest BCUT2D eigenvalue weighted by molar-refractivity contribution is 9.10. The molecule has 0 aliphatic carbocycles. The first-order valence-corrected chi connectivity index (χ1v) is 8.50. The molecule has 0 saturated heterocycles. The number of halogens is 1. The monoisotopic (exact) mass is 394 g/mol. The summed E-state index contributed by atoms with van der Waals surface area (Å²) in [5.41, 5.74) is 0.339. The minimum absolute atomic E-state index is 0.0967. The molecule has 7 nitrogen and oxygen atoms in total. The van der Waals surface area contributed by atoms with Crippen molar-refractivity contribution in [3.05, 3.63) is 33.8 Å². The van der Waals surface area contributed by atoms with Gasteiger partial charge in [0.15, 0.2) is 0 Å². The zero-order valence-corrected chi connectivity index (χ0v) is 14.3. The fourth-order valence-corrected chi connectivity index (χ4v) is 3.46. The smallest absolute Gasteiger partial charge is 0.337 e. The first-order valence-electron chi connectivity index (χ1n) is 6.20. The van der Waals surface area contributed by atoms with Crippen molar-refractivity contribution in [3.8, 4) is 0 Å². The Labute approximate surface area is 136 Å². The molecule has 0 aliphatic rings. The third kappa shape index (κ3) is 4.79. The van der Waals surface area contributed by atoms with Gasteiger partial charge in [0.2, 0.25) is 0 Å². The highest BCUT2D eigenvalue weighted by atomic mass is 79.9. The predicted octanol–water partition coefficient (Wildman–Crippen LogP) is 2.12. The number of benzene rings is 1. The third-order valence-corrected chi connectivity index (χ3v) is 4.61. The van der Waals surface area contributed by atoms with Gasteiger partial charge in [0, 0.05) is 4.47 Å². The van der Waals surface area contributed by atoms with Crippen LogP contribution in [0, 0.1) is 0 Å². The Kier molecular flexibility index (Phi) is 6.51. The SMILES string of the molecule is CCOC(=O)CC(c1ccc(C(=O)OC)cc1Br)S(=O)(=O)O. The molecule has 0 amide bonds. The lowest BCUT2D eigenvalue weighted by Gasteiger charge is -2.15. The second kappa shape index (κ2) is 7.70. The average molecular weight is 395 g/mol. The number of hydrogen-bond acceptors (Lipinski definition) is 6. The summed E-state index contributed by atoms with van der Waals surface area (Å²) in [6.45, 7) is 1.68. The molecule has 1 aromatic rings. The predicted molar refractivity (Wildman–Crippen MR) is 81.0 cm³/mol. The molecule has 1 N–H and O–H groups in total. The van der Waals surface area contributed by atoms with E-state index in [1.54, 1.807) is 6.92 Å². The molecule has 1 aromatic carbocycles. The molecule has 9 heteroatoms. The van der Waals surface area contributed by atoms with Crippen molar-refractivity contribution in [2.24, 2.45) is 0 Å². The van der Waals surface area contributed by atoms with Gasteiger partial charge in [0.1, 0.15) is 5.25 Å². The molecular formula is C13H15BrO7S. The van der Waals surface area contributed by atoms with E-state index in [4.69, 9.17) is 4.74 Å². The number of ether oxygens (including phenoxy) is 2. The minimum Gasteiger partial charge on any atom is -0.466 e. The van der Waals surface area contributed by atoms with Gasteiger partial charge in [-0.25, -0.2) is 4.79 Å². The first-order chi connectivity index (χ1) is 10.2. The normalized spacial score (nSPS) is 12.5. The molecule has 22 heavy (non-hydrogen) atoms. The van der Waals surface area contributed by atoms with Crippen LogP contribution in [-0.2, 0) is 24.4 Å². The van der Waals surface area contributed by atoms with E-state index < -0.39 is 33.7 Å². The van der Waals surface area contributed by atoms with Crippen molar-refractivity contribution in [2.45, 2.75) is 18.6 Å². The van der Waals surface area contributed by atoms with E-state index in [1.807, 2.05) is 0 Å². The molecule has 0 aliphatic heterocycles. The number of carbonyl (C=O) groups excluding carboxylic acids is 2. The molecule has 0 heterocycles. The molecule has 1 rings (SSSR count). The third-order valence-electron chi connectivity index (χ3n) is 2.79. The van der Waals surface area contributed by atoms with Gasteiger partial charge in [-0.2, -0.15) is 8.42 Å². The van der Waals surface area contributed by atoms with Crippen LogP contribution in [0.4, 0.5) is 0 Å². The minimum atomic E-state index is -4.54. The van der Waals surface area contributed by atoms with E-state index in [2.05, 4.69) is 20.7 Å². The summed E-state index contributed by atoms with van der Waals surface area (Å²) < 4.78 is 41.9. The molecular weight excluding hydrogens is 380 g/mol. The fourth-order valence-electron chi connectivity index (χ4n) is 1.78. The maximum absolute atomic E-state index is 11.5. The average Bonchev–Trinajstić information content (AvgIpc) is 2.43. The van der Waals surface area contributed by atoms with Crippen molar-refractivity contribution in [1.29, 1.82) is 0 Å². The Bertz CT molecular complexity index is 669. The van der Waals surface area contributed by atoms with Gasteiger partial charge in [-0.1, -0.05) is 22.0 Å². The largest absolute Gasteiger partial charge is 0.466 e. The van der Waals surface area contributed by atoms with Crippen LogP contribution < -0.4 is 0 Å². The molecule has 0 spiro atoms. The van der Waals surface area contributed by atoms with Crippen molar-refractivity contribution in [1.82, 2.24) is 0 Å². The van der Waals surface area contributed by atoms with Crippen LogP contribution >= 0.6 is 15.9 Å². The zero-order valence-electron chi connectivity index (χ0n) is 11.9. The van der Waals surface area contributed by atoms with Crippen LogP contribution in [0.1, 0.15) is 34.5 Å². The Morgan fingerprint density at radius 1 is 1.36 bits per heavy atom. The Morgan fingerprint density at radius 2 is 2.00 bits per heavy atom. The van der Waals surface area contributed by atoms with Gasteiger partial charge in [0.25, 0.3) is 10.1 Å². The van der Waals surface area contributed by atoms with E-state index >= 15 is 0 Å². The summed E-state index contributed by atoms with van der Waals surface area (Å²) in [5, 5.41) is -1.49. The lowest BCUT2D eigenvalue weighted by atomic mass is 10.1. The summed E-state index contributed by atoms with van der Waals surface area (Å²) in [5.74, 6) is -1.35. The van der Waals surface area contributed by atoms with Crippen molar-refractivity contribution < 1.29 is 32.0 Å². The first kappa shape index (κ1) is 18.6. The van der Waals surface area contributed by atoms with Gasteiger partial charge in [-0.15, -0.1) is 0 Å². The van der Waals surface area contributed by atoms with Crippen LogP contribution in [0.3, 0.4) is 0 Å². The molecule has 0 fully saturated rings. The molecule has 1 atom stereocenters. The second-order valence-corrected chi connectivity index (χ2v) is 6.69. The summed E-state index contributed by atoms with van der Waals surface area (Å²) in [7, 11) is -3.33.